The van der Waals surface area contributed by atoms with Crippen LogP contribution in [0.4, 0.5) is 10.5 Å². The molecule has 2 fully saturated rings. The lowest BCUT2D eigenvalue weighted by Gasteiger charge is -2.40. The van der Waals surface area contributed by atoms with Crippen LogP contribution in [0.25, 0.3) is 0 Å². The van der Waals surface area contributed by atoms with Crippen molar-refractivity contribution in [2.75, 3.05) is 51.1 Å². The molecule has 2 aromatic carbocycles. The highest BCUT2D eigenvalue weighted by Crippen LogP contribution is 2.18. The van der Waals surface area contributed by atoms with Crippen LogP contribution in [0.2, 0.25) is 0 Å². The average molecular weight is 466 g/mol. The molecule has 1 atom stereocenters. The summed E-state index contributed by atoms with van der Waals surface area (Å²) in [7, 11) is 0. The summed E-state index contributed by atoms with van der Waals surface area (Å²) >= 11 is 0. The number of ether oxygens (including phenoxy) is 1. The number of carbonyl (C=O) groups excluding carboxylic acids is 2. The predicted octanol–water partition coefficient (Wildman–Crippen LogP) is 2.62. The van der Waals surface area contributed by atoms with Crippen molar-refractivity contribution in [2.24, 2.45) is 0 Å². The van der Waals surface area contributed by atoms with Gasteiger partial charge in [-0.2, -0.15) is 0 Å². The smallest absolute Gasteiger partial charge is 0.321 e. The van der Waals surface area contributed by atoms with Crippen molar-refractivity contribution in [3.8, 4) is 5.75 Å². The maximum atomic E-state index is 13.0. The number of hydrogen-bond acceptors (Lipinski definition) is 5. The molecule has 2 heterocycles. The van der Waals surface area contributed by atoms with Crippen LogP contribution in [0.1, 0.15) is 19.4 Å². The standard InChI is InChI=1S/C26H35N5O3/c1-20(2)31-13-12-27-24(18-31)25(32)29-14-16-30(17-15-29)26(33)28-22-8-10-23(11-9-22)34-19-21-6-4-3-5-7-21/h3-11,20,24,27H,12-19H2,1-2H3,(H,28,33)/t24-/m1/s1. The van der Waals surface area contributed by atoms with Crippen molar-refractivity contribution in [2.45, 2.75) is 32.5 Å². The third kappa shape index (κ3) is 6.27. The van der Waals surface area contributed by atoms with Crippen molar-refractivity contribution in [3.05, 3.63) is 60.2 Å². The average Bonchev–Trinajstić information content (AvgIpc) is 2.88. The van der Waals surface area contributed by atoms with E-state index in [1.54, 1.807) is 4.90 Å². The first kappa shape index (κ1) is 24.0. The van der Waals surface area contributed by atoms with Gasteiger partial charge < -0.3 is 25.2 Å². The van der Waals surface area contributed by atoms with Crippen molar-refractivity contribution in [3.63, 3.8) is 0 Å². The minimum Gasteiger partial charge on any atom is -0.489 e. The second-order valence-electron chi connectivity index (χ2n) is 9.14. The number of hydrogen-bond donors (Lipinski definition) is 2. The van der Waals surface area contributed by atoms with Crippen LogP contribution in [0.15, 0.2) is 54.6 Å². The fourth-order valence-corrected chi connectivity index (χ4v) is 4.34. The van der Waals surface area contributed by atoms with Gasteiger partial charge in [-0.1, -0.05) is 30.3 Å². The highest BCUT2D eigenvalue weighted by Gasteiger charge is 2.32. The van der Waals surface area contributed by atoms with Gasteiger partial charge >= 0.3 is 6.03 Å². The van der Waals surface area contributed by atoms with Crippen molar-refractivity contribution < 1.29 is 14.3 Å². The van der Waals surface area contributed by atoms with Gasteiger partial charge in [0, 0.05) is 57.5 Å². The zero-order valence-electron chi connectivity index (χ0n) is 20.1. The normalized spacial score (nSPS) is 19.2. The lowest BCUT2D eigenvalue weighted by Crippen LogP contribution is -2.61. The Morgan fingerprint density at radius 3 is 2.32 bits per heavy atom. The summed E-state index contributed by atoms with van der Waals surface area (Å²) in [4.78, 5) is 31.7. The van der Waals surface area contributed by atoms with Gasteiger partial charge in [0.25, 0.3) is 0 Å². The van der Waals surface area contributed by atoms with E-state index in [2.05, 4.69) is 29.4 Å². The van der Waals surface area contributed by atoms with Crippen molar-refractivity contribution >= 4 is 17.6 Å². The lowest BCUT2D eigenvalue weighted by atomic mass is 10.1. The largest absolute Gasteiger partial charge is 0.489 e. The van der Waals surface area contributed by atoms with Crippen LogP contribution in [-0.2, 0) is 11.4 Å². The molecule has 8 nitrogen and oxygen atoms in total. The number of urea groups is 1. The van der Waals surface area contributed by atoms with Gasteiger partial charge in [-0.3, -0.25) is 9.69 Å². The SMILES string of the molecule is CC(C)N1CCN[C@@H](C(=O)N2CCN(C(=O)Nc3ccc(OCc4ccccc4)cc3)CC2)C1. The first-order valence-electron chi connectivity index (χ1n) is 12.1. The molecule has 0 saturated carbocycles. The number of benzene rings is 2. The van der Waals surface area contributed by atoms with Crippen molar-refractivity contribution in [1.29, 1.82) is 0 Å². The van der Waals surface area contributed by atoms with Crippen LogP contribution in [0.3, 0.4) is 0 Å². The van der Waals surface area contributed by atoms with E-state index in [-0.39, 0.29) is 18.0 Å². The molecule has 182 valence electrons. The van der Waals surface area contributed by atoms with Gasteiger partial charge in [0.1, 0.15) is 12.4 Å². The highest BCUT2D eigenvalue weighted by atomic mass is 16.5. The van der Waals surface area contributed by atoms with E-state index in [1.807, 2.05) is 59.5 Å². The maximum Gasteiger partial charge on any atom is 0.321 e. The Hall–Kier alpha value is -3.10. The highest BCUT2D eigenvalue weighted by molar-refractivity contribution is 5.89. The van der Waals surface area contributed by atoms with E-state index < -0.39 is 0 Å². The summed E-state index contributed by atoms with van der Waals surface area (Å²) in [6, 6.07) is 17.5. The summed E-state index contributed by atoms with van der Waals surface area (Å²) in [5.41, 5.74) is 1.82. The molecule has 3 amide bonds. The molecule has 8 heteroatoms. The quantitative estimate of drug-likeness (QED) is 0.686. The summed E-state index contributed by atoms with van der Waals surface area (Å²) in [6.45, 7) is 9.51. The van der Waals surface area contributed by atoms with Gasteiger partial charge in [0.15, 0.2) is 0 Å². The Morgan fingerprint density at radius 1 is 0.971 bits per heavy atom. The third-order valence-corrected chi connectivity index (χ3v) is 6.47. The molecule has 2 N–H and O–H groups in total. The molecule has 2 saturated heterocycles. The fourth-order valence-electron chi connectivity index (χ4n) is 4.34. The van der Waals surface area contributed by atoms with Crippen molar-refractivity contribution in [1.82, 2.24) is 20.0 Å². The van der Waals surface area contributed by atoms with E-state index in [1.165, 1.54) is 0 Å². The predicted molar refractivity (Wildman–Crippen MR) is 133 cm³/mol. The van der Waals surface area contributed by atoms with E-state index in [9.17, 15) is 9.59 Å². The summed E-state index contributed by atoms with van der Waals surface area (Å²) in [5, 5.41) is 6.30. The van der Waals surface area contributed by atoms with Crippen LogP contribution in [-0.4, -0.2) is 84.5 Å². The van der Waals surface area contributed by atoms with Gasteiger partial charge in [-0.25, -0.2) is 4.79 Å². The topological polar surface area (TPSA) is 77.2 Å². The molecule has 0 unspecified atom stereocenters. The Kier molecular flexibility index (Phi) is 8.03. The number of nitrogens with one attached hydrogen (secondary N) is 2. The molecule has 4 rings (SSSR count). The minimum atomic E-state index is -0.167. The number of carbonyl (C=O) groups is 2. The summed E-state index contributed by atoms with van der Waals surface area (Å²) < 4.78 is 5.80. The Labute approximate surface area is 201 Å². The Balaban J connectivity index is 1.21. The summed E-state index contributed by atoms with van der Waals surface area (Å²) in [5.74, 6) is 0.887. The molecule has 2 aliphatic heterocycles. The number of nitrogens with zero attached hydrogens (tertiary/aromatic N) is 3. The Morgan fingerprint density at radius 2 is 1.65 bits per heavy atom. The molecule has 0 aliphatic carbocycles. The molecule has 0 radical (unpaired) electrons. The first-order valence-corrected chi connectivity index (χ1v) is 12.1. The van der Waals surface area contributed by atoms with Crippen LogP contribution in [0, 0.1) is 0 Å². The fraction of sp³-hybridized carbons (Fsp3) is 0.462. The van der Waals surface area contributed by atoms with Gasteiger partial charge in [0.05, 0.1) is 6.04 Å². The summed E-state index contributed by atoms with van der Waals surface area (Å²) in [6.07, 6.45) is 0. The zero-order chi connectivity index (χ0) is 23.9. The monoisotopic (exact) mass is 465 g/mol. The minimum absolute atomic E-state index is 0.136. The second-order valence-corrected chi connectivity index (χ2v) is 9.14. The molecular formula is C26H35N5O3. The van der Waals surface area contributed by atoms with Gasteiger partial charge in [0.2, 0.25) is 5.91 Å². The molecule has 0 spiro atoms. The molecule has 2 aliphatic rings. The zero-order valence-corrected chi connectivity index (χ0v) is 20.1. The first-order chi connectivity index (χ1) is 16.5. The van der Waals surface area contributed by atoms with Crippen LogP contribution in [0.5, 0.6) is 5.75 Å². The van der Waals surface area contributed by atoms with E-state index in [0.29, 0.717) is 38.8 Å². The Bertz CT molecular complexity index is 943. The van der Waals surface area contributed by atoms with E-state index in [0.717, 1.165) is 36.6 Å². The second kappa shape index (κ2) is 11.4. The number of amides is 3. The van der Waals surface area contributed by atoms with Crippen LogP contribution >= 0.6 is 0 Å². The van der Waals surface area contributed by atoms with E-state index in [4.69, 9.17) is 4.74 Å². The maximum absolute atomic E-state index is 13.0. The molecule has 2 aromatic rings. The molecule has 34 heavy (non-hydrogen) atoms. The van der Waals surface area contributed by atoms with Gasteiger partial charge in [-0.15, -0.1) is 0 Å². The number of piperazine rings is 2. The molecule has 0 bridgehead atoms. The number of rotatable bonds is 6. The molecular weight excluding hydrogens is 430 g/mol. The lowest BCUT2D eigenvalue weighted by molar-refractivity contribution is -0.136. The van der Waals surface area contributed by atoms with Gasteiger partial charge in [-0.05, 0) is 43.7 Å². The number of anilines is 1. The molecule has 0 aromatic heterocycles. The third-order valence-electron chi connectivity index (χ3n) is 6.47. The van der Waals surface area contributed by atoms with E-state index >= 15 is 0 Å². The van der Waals surface area contributed by atoms with Crippen LogP contribution < -0.4 is 15.4 Å².